The fourth-order valence-corrected chi connectivity index (χ4v) is 3.27. The van der Waals surface area contributed by atoms with Gasteiger partial charge in [-0.15, -0.1) is 0 Å². The molecule has 1 N–H and O–H groups in total. The highest BCUT2D eigenvalue weighted by Gasteiger charge is 2.32. The van der Waals surface area contributed by atoms with E-state index >= 15 is 0 Å². The van der Waals surface area contributed by atoms with E-state index in [0.717, 1.165) is 24.5 Å². The third kappa shape index (κ3) is 5.83. The number of nitrogens with zero attached hydrogens (tertiary/aromatic N) is 2. The molecule has 28 heavy (non-hydrogen) atoms. The predicted molar refractivity (Wildman–Crippen MR) is 101 cm³/mol. The molecule has 7 nitrogen and oxygen atoms in total. The van der Waals surface area contributed by atoms with Gasteiger partial charge in [0.1, 0.15) is 18.1 Å². The number of nitrogens with one attached hydrogen (secondary N) is 1. The van der Waals surface area contributed by atoms with Crippen LogP contribution in [-0.4, -0.2) is 33.3 Å². The molecule has 152 valence electrons. The number of furan rings is 1. The lowest BCUT2D eigenvalue weighted by molar-refractivity contribution is -0.137. The van der Waals surface area contributed by atoms with Crippen LogP contribution in [0.4, 0.5) is 18.9 Å². The Labute approximate surface area is 167 Å². The van der Waals surface area contributed by atoms with Gasteiger partial charge in [-0.3, -0.25) is 9.10 Å². The number of carbonyl (C=O) groups excluding carboxylic acids is 1. The first-order valence-electron chi connectivity index (χ1n) is 7.61. The molecule has 0 spiro atoms. The van der Waals surface area contributed by atoms with Gasteiger partial charge in [-0.2, -0.15) is 18.3 Å². The summed E-state index contributed by atoms with van der Waals surface area (Å²) in [6.07, 6.45) is -2.67. The number of rotatable bonds is 6. The zero-order chi connectivity index (χ0) is 21.1. The topological polar surface area (TPSA) is 92.0 Å². The normalized spacial score (nSPS) is 12.4. The lowest BCUT2D eigenvalue weighted by Gasteiger charge is -2.22. The van der Waals surface area contributed by atoms with Crippen LogP contribution in [0.25, 0.3) is 0 Å². The van der Waals surface area contributed by atoms with E-state index < -0.39 is 34.2 Å². The summed E-state index contributed by atoms with van der Waals surface area (Å²) in [5, 5.41) is 3.64. The summed E-state index contributed by atoms with van der Waals surface area (Å²) in [5.41, 5.74) is 0.783. The van der Waals surface area contributed by atoms with E-state index in [9.17, 15) is 26.4 Å². The molecule has 1 amide bonds. The highest BCUT2D eigenvalue weighted by molar-refractivity contribution is 9.10. The minimum absolute atomic E-state index is 0.290. The van der Waals surface area contributed by atoms with Gasteiger partial charge in [0.2, 0.25) is 10.0 Å². The van der Waals surface area contributed by atoms with E-state index in [2.05, 4.69) is 26.5 Å². The second-order valence-corrected chi connectivity index (χ2v) is 8.42. The number of hydrogen-bond acceptors (Lipinski definition) is 5. The molecule has 1 aromatic carbocycles. The van der Waals surface area contributed by atoms with Crippen LogP contribution < -0.4 is 9.73 Å². The van der Waals surface area contributed by atoms with Gasteiger partial charge in [0.05, 0.1) is 28.2 Å². The fourth-order valence-electron chi connectivity index (χ4n) is 2.12. The number of benzene rings is 1. The molecule has 12 heteroatoms. The first-order valence-corrected chi connectivity index (χ1v) is 10.2. The SMILES string of the molecule is Cc1oc(/C=N\NC(=O)CN(c2cccc(C(F)(F)F)c2)S(C)(=O)=O)cc1Br. The Hall–Kier alpha value is -2.34. The van der Waals surface area contributed by atoms with Gasteiger partial charge in [0, 0.05) is 6.07 Å². The lowest BCUT2D eigenvalue weighted by Crippen LogP contribution is -2.39. The van der Waals surface area contributed by atoms with E-state index in [-0.39, 0.29) is 5.69 Å². The summed E-state index contributed by atoms with van der Waals surface area (Å²) >= 11 is 3.24. The Bertz CT molecular complexity index is 983. The van der Waals surface area contributed by atoms with Gasteiger partial charge in [0.15, 0.2) is 0 Å². The number of anilines is 1. The molecule has 0 atom stereocenters. The number of hydrazone groups is 1. The standard InChI is InChI=1S/C16H15BrF3N3O4S/c1-10-14(17)7-13(27-10)8-21-22-15(24)9-23(28(2,25)26)12-5-3-4-11(6-12)16(18,19)20/h3-8H,9H2,1-2H3,(H,22,24)/b21-8-. The molecule has 0 unspecified atom stereocenters. The monoisotopic (exact) mass is 481 g/mol. The molecule has 1 heterocycles. The Morgan fingerprint density at radius 2 is 2.04 bits per heavy atom. The summed E-state index contributed by atoms with van der Waals surface area (Å²) in [4.78, 5) is 12.0. The van der Waals surface area contributed by atoms with Crippen LogP contribution in [0.5, 0.6) is 0 Å². The summed E-state index contributed by atoms with van der Waals surface area (Å²) < 4.78 is 69.1. The zero-order valence-corrected chi connectivity index (χ0v) is 17.0. The number of sulfonamides is 1. The quantitative estimate of drug-likeness (QED) is 0.506. The van der Waals surface area contributed by atoms with Gasteiger partial charge in [-0.1, -0.05) is 6.07 Å². The van der Waals surface area contributed by atoms with Crippen LogP contribution >= 0.6 is 15.9 Å². The first kappa shape index (κ1) is 22.0. The number of hydrogen-bond donors (Lipinski definition) is 1. The third-order valence-corrected chi connectivity index (χ3v) is 5.33. The van der Waals surface area contributed by atoms with E-state index in [1.165, 1.54) is 6.21 Å². The van der Waals surface area contributed by atoms with Crippen molar-refractivity contribution in [1.82, 2.24) is 5.43 Å². The number of amides is 1. The maximum absolute atomic E-state index is 12.9. The maximum Gasteiger partial charge on any atom is 0.416 e. The summed E-state index contributed by atoms with van der Waals surface area (Å²) in [6.45, 7) is 0.956. The van der Waals surface area contributed by atoms with Gasteiger partial charge < -0.3 is 4.42 Å². The van der Waals surface area contributed by atoms with E-state index in [1.54, 1.807) is 13.0 Å². The Balaban J connectivity index is 2.15. The summed E-state index contributed by atoms with van der Waals surface area (Å²) in [5.74, 6) is 0.0875. The molecule has 0 bridgehead atoms. The maximum atomic E-state index is 12.9. The van der Waals surface area contributed by atoms with Crippen molar-refractivity contribution in [3.8, 4) is 0 Å². The molecule has 0 aliphatic carbocycles. The van der Waals surface area contributed by atoms with Crippen LogP contribution in [-0.2, 0) is 21.0 Å². The molecule has 0 saturated heterocycles. The summed E-state index contributed by atoms with van der Waals surface area (Å²) in [6, 6.07) is 5.29. The molecular weight excluding hydrogens is 467 g/mol. The van der Waals surface area contributed by atoms with Crippen molar-refractivity contribution < 1.29 is 30.8 Å². The van der Waals surface area contributed by atoms with E-state index in [0.29, 0.717) is 26.4 Å². The second kappa shape index (κ2) is 8.35. The largest absolute Gasteiger partial charge is 0.459 e. The van der Waals surface area contributed by atoms with Gasteiger partial charge in [-0.25, -0.2) is 13.8 Å². The van der Waals surface area contributed by atoms with Crippen LogP contribution in [0, 0.1) is 6.92 Å². The van der Waals surface area contributed by atoms with Gasteiger partial charge >= 0.3 is 6.18 Å². The summed E-state index contributed by atoms with van der Waals surface area (Å²) in [7, 11) is -4.03. The van der Waals surface area contributed by atoms with Crippen LogP contribution in [0.15, 0.2) is 44.3 Å². The Morgan fingerprint density at radius 3 is 2.57 bits per heavy atom. The van der Waals surface area contributed by atoms with Crippen molar-refractivity contribution in [3.05, 3.63) is 51.9 Å². The van der Waals surface area contributed by atoms with Gasteiger partial charge in [-0.05, 0) is 41.1 Å². The zero-order valence-electron chi connectivity index (χ0n) is 14.6. The molecule has 2 rings (SSSR count). The molecule has 0 aliphatic rings. The molecule has 0 saturated carbocycles. The van der Waals surface area contributed by atoms with Crippen LogP contribution in [0.2, 0.25) is 0 Å². The van der Waals surface area contributed by atoms with Crippen LogP contribution in [0.3, 0.4) is 0 Å². The second-order valence-electron chi connectivity index (χ2n) is 5.66. The smallest absolute Gasteiger partial charge is 0.416 e. The van der Waals surface area contributed by atoms with E-state index in [4.69, 9.17) is 4.42 Å². The molecule has 2 aromatic rings. The average Bonchev–Trinajstić information content (AvgIpc) is 2.89. The molecule has 0 fully saturated rings. The number of carbonyl (C=O) groups is 1. The lowest BCUT2D eigenvalue weighted by atomic mass is 10.2. The minimum atomic E-state index is -4.65. The van der Waals surface area contributed by atoms with Crippen molar-refractivity contribution in [2.24, 2.45) is 5.10 Å². The van der Waals surface area contributed by atoms with Crippen molar-refractivity contribution in [3.63, 3.8) is 0 Å². The van der Waals surface area contributed by atoms with Gasteiger partial charge in [0.25, 0.3) is 5.91 Å². The predicted octanol–water partition coefficient (Wildman–Crippen LogP) is 3.29. The molecule has 1 aromatic heterocycles. The fraction of sp³-hybridized carbons (Fsp3) is 0.250. The molecule has 0 aliphatic heterocycles. The highest BCUT2D eigenvalue weighted by atomic mass is 79.9. The van der Waals surface area contributed by atoms with Crippen molar-refractivity contribution in [2.75, 3.05) is 17.1 Å². The van der Waals surface area contributed by atoms with E-state index in [1.807, 2.05) is 0 Å². The minimum Gasteiger partial charge on any atom is -0.459 e. The Kier molecular flexibility index (Phi) is 6.55. The van der Waals surface area contributed by atoms with Crippen molar-refractivity contribution in [2.45, 2.75) is 13.1 Å². The van der Waals surface area contributed by atoms with Crippen LogP contribution in [0.1, 0.15) is 17.1 Å². The molecular formula is C16H15BrF3N3O4S. The third-order valence-electron chi connectivity index (χ3n) is 3.41. The average molecular weight is 482 g/mol. The number of alkyl halides is 3. The molecule has 0 radical (unpaired) electrons. The van der Waals surface area contributed by atoms with Crippen molar-refractivity contribution >= 4 is 43.8 Å². The number of halogens is 4. The first-order chi connectivity index (χ1) is 12.9. The Morgan fingerprint density at radius 1 is 1.36 bits per heavy atom. The van der Waals surface area contributed by atoms with Crippen molar-refractivity contribution in [1.29, 1.82) is 0 Å². The number of aryl methyl sites for hydroxylation is 1. The highest BCUT2D eigenvalue weighted by Crippen LogP contribution is 2.32.